The highest BCUT2D eigenvalue weighted by Gasteiger charge is 2.17. The predicted octanol–water partition coefficient (Wildman–Crippen LogP) is 4.90. The Morgan fingerprint density at radius 3 is 2.67 bits per heavy atom. The second-order valence-corrected chi connectivity index (χ2v) is 8.68. The van der Waals surface area contributed by atoms with Gasteiger partial charge in [0.1, 0.15) is 5.82 Å². The van der Waals surface area contributed by atoms with Gasteiger partial charge in [0, 0.05) is 22.9 Å². The van der Waals surface area contributed by atoms with E-state index in [-0.39, 0.29) is 24.0 Å². The zero-order chi connectivity index (χ0) is 23.8. The molecule has 3 aromatic rings. The van der Waals surface area contributed by atoms with Crippen LogP contribution in [0.1, 0.15) is 23.9 Å². The van der Waals surface area contributed by atoms with E-state index in [1.165, 1.54) is 11.8 Å². The zero-order valence-corrected chi connectivity index (χ0v) is 20.2. The lowest BCUT2D eigenvalue weighted by Crippen LogP contribution is -2.19. The minimum Gasteiger partial charge on any atom is -0.325 e. The topological polar surface area (TPSA) is 88.9 Å². The number of carbonyl (C=O) groups is 2. The van der Waals surface area contributed by atoms with Crippen molar-refractivity contribution in [1.82, 2.24) is 14.8 Å². The quantitative estimate of drug-likeness (QED) is 0.316. The van der Waals surface area contributed by atoms with Gasteiger partial charge in [0.15, 0.2) is 5.16 Å². The fourth-order valence-corrected chi connectivity index (χ4v) is 4.10. The summed E-state index contributed by atoms with van der Waals surface area (Å²) in [5, 5.41) is 15.3. The molecule has 1 heterocycles. The molecular weight excluding hydrogens is 458 g/mol. The van der Waals surface area contributed by atoms with Crippen LogP contribution >= 0.6 is 23.4 Å². The molecule has 1 aromatic heterocycles. The summed E-state index contributed by atoms with van der Waals surface area (Å²) in [5.41, 5.74) is 3.43. The Morgan fingerprint density at radius 1 is 1.15 bits per heavy atom. The molecule has 0 radical (unpaired) electrons. The van der Waals surface area contributed by atoms with Crippen LogP contribution in [-0.2, 0) is 29.0 Å². The van der Waals surface area contributed by atoms with E-state index < -0.39 is 0 Å². The van der Waals surface area contributed by atoms with Crippen molar-refractivity contribution in [1.29, 1.82) is 0 Å². The van der Waals surface area contributed by atoms with E-state index in [0.717, 1.165) is 23.2 Å². The predicted molar refractivity (Wildman–Crippen MR) is 134 cm³/mol. The SMILES string of the molecule is C=CCn1c(CC(=O)Nc2ccccc2CC)nnc1SCC(=O)Nc1ccc(C)c(Cl)c1. The van der Waals surface area contributed by atoms with Gasteiger partial charge in [-0.2, -0.15) is 0 Å². The first-order valence-corrected chi connectivity index (χ1v) is 11.9. The van der Waals surface area contributed by atoms with Crippen molar-refractivity contribution in [2.24, 2.45) is 0 Å². The molecule has 2 N–H and O–H groups in total. The minimum absolute atomic E-state index is 0.0630. The largest absolute Gasteiger partial charge is 0.325 e. The van der Waals surface area contributed by atoms with Crippen molar-refractivity contribution in [3.8, 4) is 0 Å². The fraction of sp³-hybridized carbons (Fsp3) is 0.250. The lowest BCUT2D eigenvalue weighted by Gasteiger charge is -2.11. The number of allylic oxidation sites excluding steroid dienone is 1. The summed E-state index contributed by atoms with van der Waals surface area (Å²) in [7, 11) is 0. The molecule has 0 spiro atoms. The minimum atomic E-state index is -0.191. The van der Waals surface area contributed by atoms with Gasteiger partial charge in [0.25, 0.3) is 0 Å². The molecule has 0 atom stereocenters. The molecule has 0 saturated heterocycles. The Kier molecular flexibility index (Phi) is 8.68. The maximum absolute atomic E-state index is 12.6. The van der Waals surface area contributed by atoms with Crippen molar-refractivity contribution in [2.75, 3.05) is 16.4 Å². The van der Waals surface area contributed by atoms with Gasteiger partial charge in [-0.05, 0) is 42.7 Å². The second kappa shape index (κ2) is 11.7. The Hall–Kier alpha value is -3.10. The number of para-hydroxylation sites is 1. The normalized spacial score (nSPS) is 10.6. The molecular formula is C24H26ClN5O2S. The summed E-state index contributed by atoms with van der Waals surface area (Å²) in [4.78, 5) is 25.0. The van der Waals surface area contributed by atoms with E-state index in [9.17, 15) is 9.59 Å². The summed E-state index contributed by atoms with van der Waals surface area (Å²) in [6, 6.07) is 13.1. The van der Waals surface area contributed by atoms with Crippen LogP contribution in [0.2, 0.25) is 5.02 Å². The average molecular weight is 484 g/mol. The Labute approximate surface area is 202 Å². The Morgan fingerprint density at radius 2 is 1.94 bits per heavy atom. The van der Waals surface area contributed by atoms with Gasteiger partial charge in [-0.15, -0.1) is 16.8 Å². The number of rotatable bonds is 10. The van der Waals surface area contributed by atoms with Crippen LogP contribution in [0.15, 0.2) is 60.3 Å². The Balaban J connectivity index is 1.63. The molecule has 0 aliphatic rings. The monoisotopic (exact) mass is 483 g/mol. The van der Waals surface area contributed by atoms with Crippen LogP contribution in [0.5, 0.6) is 0 Å². The number of benzene rings is 2. The van der Waals surface area contributed by atoms with Crippen molar-refractivity contribution >= 4 is 46.6 Å². The van der Waals surface area contributed by atoms with Gasteiger partial charge < -0.3 is 15.2 Å². The molecule has 0 saturated carbocycles. The van der Waals surface area contributed by atoms with Crippen molar-refractivity contribution < 1.29 is 9.59 Å². The van der Waals surface area contributed by atoms with Gasteiger partial charge in [0.05, 0.1) is 12.2 Å². The number of amides is 2. The standard InChI is InChI=1S/C24H26ClN5O2S/c1-4-12-30-21(14-22(31)27-20-9-7-6-8-17(20)5-2)28-29-24(30)33-15-23(32)26-18-11-10-16(3)19(25)13-18/h4,6-11,13H,1,5,12,14-15H2,2-3H3,(H,26,32)(H,27,31). The van der Waals surface area contributed by atoms with Gasteiger partial charge in [-0.1, -0.05) is 60.6 Å². The number of anilines is 2. The number of aromatic nitrogens is 3. The molecule has 0 aliphatic heterocycles. The number of aryl methyl sites for hydroxylation is 2. The van der Waals surface area contributed by atoms with Gasteiger partial charge >= 0.3 is 0 Å². The molecule has 172 valence electrons. The number of hydrogen-bond donors (Lipinski definition) is 2. The molecule has 0 bridgehead atoms. The van der Waals surface area contributed by atoms with Gasteiger partial charge in [0.2, 0.25) is 11.8 Å². The van der Waals surface area contributed by atoms with Gasteiger partial charge in [-0.25, -0.2) is 0 Å². The first-order valence-electron chi connectivity index (χ1n) is 10.5. The number of carbonyl (C=O) groups excluding carboxylic acids is 2. The lowest BCUT2D eigenvalue weighted by atomic mass is 10.1. The van der Waals surface area contributed by atoms with Crippen molar-refractivity contribution in [2.45, 2.75) is 38.4 Å². The average Bonchev–Trinajstić information content (AvgIpc) is 3.16. The Bertz CT molecular complexity index is 1160. The summed E-state index contributed by atoms with van der Waals surface area (Å²) in [5.74, 6) is 0.272. The number of hydrogen-bond acceptors (Lipinski definition) is 5. The summed E-state index contributed by atoms with van der Waals surface area (Å²) in [6.45, 7) is 8.14. The highest BCUT2D eigenvalue weighted by molar-refractivity contribution is 7.99. The zero-order valence-electron chi connectivity index (χ0n) is 18.6. The molecule has 9 heteroatoms. The van der Waals surface area contributed by atoms with E-state index in [4.69, 9.17) is 11.6 Å². The second-order valence-electron chi connectivity index (χ2n) is 7.33. The fourth-order valence-electron chi connectivity index (χ4n) is 3.16. The molecule has 3 rings (SSSR count). The summed E-state index contributed by atoms with van der Waals surface area (Å²) >= 11 is 7.36. The number of nitrogens with zero attached hydrogens (tertiary/aromatic N) is 3. The van der Waals surface area contributed by atoms with Gasteiger partial charge in [-0.3, -0.25) is 9.59 Å². The van der Waals surface area contributed by atoms with Crippen molar-refractivity contribution in [3.63, 3.8) is 0 Å². The van der Waals surface area contributed by atoms with E-state index in [1.807, 2.05) is 44.2 Å². The first-order chi connectivity index (χ1) is 15.9. The van der Waals surface area contributed by atoms with E-state index in [0.29, 0.717) is 28.2 Å². The lowest BCUT2D eigenvalue weighted by molar-refractivity contribution is -0.116. The molecule has 0 unspecified atom stereocenters. The van der Waals surface area contributed by atoms with Crippen LogP contribution in [-0.4, -0.2) is 32.3 Å². The molecule has 7 nitrogen and oxygen atoms in total. The molecule has 2 amide bonds. The van der Waals surface area contributed by atoms with E-state index >= 15 is 0 Å². The highest BCUT2D eigenvalue weighted by atomic mass is 35.5. The summed E-state index contributed by atoms with van der Waals surface area (Å²) < 4.78 is 1.79. The first kappa shape index (κ1) is 24.5. The smallest absolute Gasteiger partial charge is 0.234 e. The molecule has 0 fully saturated rings. The maximum atomic E-state index is 12.6. The number of nitrogens with one attached hydrogen (secondary N) is 2. The number of thioether (sulfide) groups is 1. The van der Waals surface area contributed by atoms with Crippen LogP contribution in [0, 0.1) is 6.92 Å². The van der Waals surface area contributed by atoms with Crippen LogP contribution in [0.4, 0.5) is 11.4 Å². The maximum Gasteiger partial charge on any atom is 0.234 e. The third-order valence-electron chi connectivity index (χ3n) is 4.88. The van der Waals surface area contributed by atoms with E-state index in [2.05, 4.69) is 27.4 Å². The third kappa shape index (κ3) is 6.69. The highest BCUT2D eigenvalue weighted by Crippen LogP contribution is 2.22. The molecule has 2 aromatic carbocycles. The molecule has 33 heavy (non-hydrogen) atoms. The summed E-state index contributed by atoms with van der Waals surface area (Å²) in [6.07, 6.45) is 2.59. The molecule has 0 aliphatic carbocycles. The van der Waals surface area contributed by atoms with E-state index in [1.54, 1.807) is 22.8 Å². The van der Waals surface area contributed by atoms with Crippen LogP contribution in [0.3, 0.4) is 0 Å². The van der Waals surface area contributed by atoms with Crippen LogP contribution < -0.4 is 10.6 Å². The van der Waals surface area contributed by atoms with Crippen LogP contribution in [0.25, 0.3) is 0 Å². The third-order valence-corrected chi connectivity index (χ3v) is 6.26. The number of halogens is 1. The van der Waals surface area contributed by atoms with Crippen molar-refractivity contribution in [3.05, 3.63) is 77.1 Å².